The van der Waals surface area contributed by atoms with Gasteiger partial charge in [0.1, 0.15) is 6.10 Å². The minimum atomic E-state index is -0.309. The molecule has 0 aromatic carbocycles. The Kier molecular flexibility index (Phi) is 3.21. The lowest BCUT2D eigenvalue weighted by Gasteiger charge is -2.24. The highest BCUT2D eigenvalue weighted by Crippen LogP contribution is 2.06. The molecule has 0 radical (unpaired) electrons. The molecule has 2 unspecified atom stereocenters. The minimum absolute atomic E-state index is 0.0237. The van der Waals surface area contributed by atoms with Crippen molar-refractivity contribution in [2.75, 3.05) is 26.3 Å². The summed E-state index contributed by atoms with van der Waals surface area (Å²) in [6.07, 6.45) is 1.93. The van der Waals surface area contributed by atoms with Crippen molar-refractivity contribution >= 4 is 6.09 Å². The lowest BCUT2D eigenvalue weighted by molar-refractivity contribution is 0.0649. The third kappa shape index (κ3) is 2.59. The first-order valence-corrected chi connectivity index (χ1v) is 5.10. The average molecular weight is 200 g/mol. The molecule has 80 valence electrons. The molecule has 2 aliphatic heterocycles. The largest absolute Gasteiger partial charge is 0.443 e. The van der Waals surface area contributed by atoms with Crippen LogP contribution in [0.4, 0.5) is 4.79 Å². The quantitative estimate of drug-likeness (QED) is 0.666. The van der Waals surface area contributed by atoms with Crippen molar-refractivity contribution in [3.63, 3.8) is 0 Å². The molecule has 2 N–H and O–H groups in total. The van der Waals surface area contributed by atoms with Crippen molar-refractivity contribution in [3.05, 3.63) is 0 Å². The van der Waals surface area contributed by atoms with Crippen LogP contribution >= 0.6 is 0 Å². The fourth-order valence-electron chi connectivity index (χ4n) is 1.75. The van der Waals surface area contributed by atoms with Crippen molar-refractivity contribution in [2.45, 2.75) is 25.0 Å². The Morgan fingerprint density at radius 2 is 2.50 bits per heavy atom. The molecule has 5 nitrogen and oxygen atoms in total. The van der Waals surface area contributed by atoms with Gasteiger partial charge in [0.05, 0.1) is 13.2 Å². The number of hydrogen-bond acceptors (Lipinski definition) is 4. The van der Waals surface area contributed by atoms with Gasteiger partial charge in [-0.1, -0.05) is 0 Å². The maximum absolute atomic E-state index is 10.7. The molecule has 2 saturated heterocycles. The van der Waals surface area contributed by atoms with Crippen molar-refractivity contribution in [3.8, 4) is 0 Å². The summed E-state index contributed by atoms with van der Waals surface area (Å²) in [5, 5.41) is 5.97. The van der Waals surface area contributed by atoms with E-state index in [1.165, 1.54) is 0 Å². The number of cyclic esters (lactones) is 1. The third-order valence-electron chi connectivity index (χ3n) is 2.54. The van der Waals surface area contributed by atoms with E-state index in [4.69, 9.17) is 9.47 Å². The van der Waals surface area contributed by atoms with E-state index in [2.05, 4.69) is 10.6 Å². The Hall–Kier alpha value is -0.810. The highest BCUT2D eigenvalue weighted by atomic mass is 16.6. The predicted molar refractivity (Wildman–Crippen MR) is 50.1 cm³/mol. The van der Waals surface area contributed by atoms with Gasteiger partial charge in [-0.3, -0.25) is 0 Å². The molecule has 0 aromatic rings. The number of nitrogens with one attached hydrogen (secondary N) is 2. The first-order valence-electron chi connectivity index (χ1n) is 5.10. The van der Waals surface area contributed by atoms with Gasteiger partial charge in [-0.2, -0.15) is 0 Å². The van der Waals surface area contributed by atoms with E-state index in [0.717, 1.165) is 26.1 Å². The van der Waals surface area contributed by atoms with Crippen molar-refractivity contribution in [1.29, 1.82) is 0 Å². The second kappa shape index (κ2) is 4.61. The molecule has 0 aliphatic carbocycles. The molecule has 14 heavy (non-hydrogen) atoms. The molecule has 0 bridgehead atoms. The molecule has 2 heterocycles. The summed E-state index contributed by atoms with van der Waals surface area (Å²) in [7, 11) is 0. The predicted octanol–water partition coefficient (Wildman–Crippen LogP) is -0.137. The maximum atomic E-state index is 10.7. The molecule has 2 rings (SSSR count). The van der Waals surface area contributed by atoms with E-state index in [-0.39, 0.29) is 12.2 Å². The average Bonchev–Trinajstić information content (AvgIpc) is 2.63. The first-order chi connectivity index (χ1) is 6.84. The van der Waals surface area contributed by atoms with Gasteiger partial charge in [0.2, 0.25) is 0 Å². The monoisotopic (exact) mass is 200 g/mol. The van der Waals surface area contributed by atoms with Crippen LogP contribution in [0.25, 0.3) is 0 Å². The Balaban J connectivity index is 1.63. The zero-order chi connectivity index (χ0) is 9.80. The van der Waals surface area contributed by atoms with Crippen molar-refractivity contribution in [2.24, 2.45) is 0 Å². The van der Waals surface area contributed by atoms with Crippen LogP contribution in [0, 0.1) is 0 Å². The van der Waals surface area contributed by atoms with Crippen LogP contribution in [-0.4, -0.2) is 44.5 Å². The van der Waals surface area contributed by atoms with E-state index < -0.39 is 0 Å². The molecule has 2 fully saturated rings. The number of hydrogen-bond donors (Lipinski definition) is 2. The third-order valence-corrected chi connectivity index (χ3v) is 2.54. The fourth-order valence-corrected chi connectivity index (χ4v) is 1.75. The molecular weight excluding hydrogens is 184 g/mol. The normalized spacial score (nSPS) is 32.4. The Labute approximate surface area is 83.1 Å². The summed E-state index contributed by atoms with van der Waals surface area (Å²) in [5.74, 6) is 0. The van der Waals surface area contributed by atoms with Crippen molar-refractivity contribution in [1.82, 2.24) is 10.6 Å². The molecular formula is C9H16N2O3. The van der Waals surface area contributed by atoms with E-state index in [0.29, 0.717) is 19.1 Å². The molecule has 5 heteroatoms. The second-order valence-electron chi connectivity index (χ2n) is 3.73. The summed E-state index contributed by atoms with van der Waals surface area (Å²) in [5.41, 5.74) is 0. The smallest absolute Gasteiger partial charge is 0.407 e. The molecule has 2 atom stereocenters. The fraction of sp³-hybridized carbons (Fsp3) is 0.889. The van der Waals surface area contributed by atoms with Crippen LogP contribution in [0.3, 0.4) is 0 Å². The molecule has 1 amide bonds. The van der Waals surface area contributed by atoms with Gasteiger partial charge in [-0.25, -0.2) is 4.79 Å². The van der Waals surface area contributed by atoms with Gasteiger partial charge in [-0.05, 0) is 12.8 Å². The first kappa shape index (κ1) is 9.73. The van der Waals surface area contributed by atoms with Crippen LogP contribution in [-0.2, 0) is 9.47 Å². The van der Waals surface area contributed by atoms with Gasteiger partial charge in [0.15, 0.2) is 0 Å². The van der Waals surface area contributed by atoms with E-state index >= 15 is 0 Å². The number of ether oxygens (including phenoxy) is 2. The van der Waals surface area contributed by atoms with Gasteiger partial charge < -0.3 is 20.1 Å². The number of rotatable bonds is 3. The number of carbonyl (C=O) groups is 1. The summed E-state index contributed by atoms with van der Waals surface area (Å²) in [4.78, 5) is 10.7. The standard InChI is InChI=1S/C9H16N2O3/c12-9-11-5-8(14-9)4-10-7-2-1-3-13-6-7/h7-8,10H,1-6H2,(H,11,12). The maximum Gasteiger partial charge on any atom is 0.407 e. The lowest BCUT2D eigenvalue weighted by Crippen LogP contribution is -2.41. The Morgan fingerprint density at radius 3 is 3.14 bits per heavy atom. The van der Waals surface area contributed by atoms with Gasteiger partial charge >= 0.3 is 6.09 Å². The Bertz CT molecular complexity index is 204. The second-order valence-corrected chi connectivity index (χ2v) is 3.73. The topological polar surface area (TPSA) is 59.6 Å². The summed E-state index contributed by atoms with van der Waals surface area (Å²) < 4.78 is 10.3. The van der Waals surface area contributed by atoms with Crippen LogP contribution in [0.2, 0.25) is 0 Å². The van der Waals surface area contributed by atoms with Gasteiger partial charge in [0.25, 0.3) is 0 Å². The van der Waals surface area contributed by atoms with Crippen molar-refractivity contribution < 1.29 is 14.3 Å². The minimum Gasteiger partial charge on any atom is -0.443 e. The highest BCUT2D eigenvalue weighted by molar-refractivity contribution is 5.69. The Morgan fingerprint density at radius 1 is 1.57 bits per heavy atom. The van der Waals surface area contributed by atoms with E-state index in [1.54, 1.807) is 0 Å². The van der Waals surface area contributed by atoms with E-state index in [9.17, 15) is 4.79 Å². The molecule has 0 aromatic heterocycles. The zero-order valence-electron chi connectivity index (χ0n) is 8.12. The number of alkyl carbamates (subject to hydrolysis) is 1. The molecule has 0 saturated carbocycles. The summed E-state index contributed by atoms with van der Waals surface area (Å²) >= 11 is 0. The van der Waals surface area contributed by atoms with Crippen LogP contribution in [0.1, 0.15) is 12.8 Å². The van der Waals surface area contributed by atoms with E-state index in [1.807, 2.05) is 0 Å². The SMILES string of the molecule is O=C1NCC(CNC2CCCOC2)O1. The van der Waals surface area contributed by atoms with Crippen LogP contribution < -0.4 is 10.6 Å². The number of carbonyl (C=O) groups excluding carboxylic acids is 1. The molecule has 2 aliphatic rings. The summed E-state index contributed by atoms with van der Waals surface area (Å²) in [6.45, 7) is 2.97. The van der Waals surface area contributed by atoms with Gasteiger partial charge in [-0.15, -0.1) is 0 Å². The zero-order valence-corrected chi connectivity index (χ0v) is 8.12. The number of amides is 1. The highest BCUT2D eigenvalue weighted by Gasteiger charge is 2.23. The molecule has 0 spiro atoms. The lowest BCUT2D eigenvalue weighted by atomic mass is 10.1. The van der Waals surface area contributed by atoms with Crippen LogP contribution in [0.15, 0.2) is 0 Å². The van der Waals surface area contributed by atoms with Crippen LogP contribution in [0.5, 0.6) is 0 Å². The summed E-state index contributed by atoms with van der Waals surface area (Å²) in [6, 6.07) is 0.419. The van der Waals surface area contributed by atoms with Gasteiger partial charge in [0, 0.05) is 19.2 Å².